The minimum atomic E-state index is -0.702. The molecule has 0 fully saturated rings. The van der Waals surface area contributed by atoms with E-state index < -0.39 is 11.9 Å². The third kappa shape index (κ3) is 3.30. The Hall–Kier alpha value is -3.16. The Morgan fingerprint density at radius 3 is 2.69 bits per heavy atom. The van der Waals surface area contributed by atoms with Gasteiger partial charge in [-0.15, -0.1) is 0 Å². The normalized spacial score (nSPS) is 14.4. The van der Waals surface area contributed by atoms with Gasteiger partial charge < -0.3 is 20.4 Å². The number of carbonyl (C=O) groups excluding carboxylic acids is 3. The van der Waals surface area contributed by atoms with Crippen molar-refractivity contribution in [1.82, 2.24) is 15.2 Å². The van der Waals surface area contributed by atoms with E-state index >= 15 is 0 Å². The average Bonchev–Trinajstić information content (AvgIpc) is 3.19. The van der Waals surface area contributed by atoms with Crippen molar-refractivity contribution in [2.24, 2.45) is 11.7 Å². The number of carbonyl (C=O) groups is 3. The summed E-state index contributed by atoms with van der Waals surface area (Å²) in [6.45, 7) is 4.17. The number of nitrogens with one attached hydrogen (secondary N) is 1. The number of benzene rings is 1. The zero-order valence-electron chi connectivity index (χ0n) is 14.6. The second-order valence-corrected chi connectivity index (χ2v) is 6.49. The molecule has 3 N–H and O–H groups in total. The highest BCUT2D eigenvalue weighted by molar-refractivity contribution is 6.01. The van der Waals surface area contributed by atoms with Gasteiger partial charge >= 0.3 is 0 Å². The van der Waals surface area contributed by atoms with E-state index in [1.165, 1.54) is 0 Å². The fraction of sp³-hybridized carbons (Fsp3) is 0.333. The molecule has 0 bridgehead atoms. The van der Waals surface area contributed by atoms with Gasteiger partial charge in [0.25, 0.3) is 11.8 Å². The highest BCUT2D eigenvalue weighted by atomic mass is 16.3. The summed E-state index contributed by atoms with van der Waals surface area (Å²) in [4.78, 5) is 41.9. The predicted molar refractivity (Wildman–Crippen MR) is 91.8 cm³/mol. The monoisotopic (exact) mass is 356 g/mol. The van der Waals surface area contributed by atoms with E-state index in [0.29, 0.717) is 12.1 Å². The topological polar surface area (TPSA) is 119 Å². The van der Waals surface area contributed by atoms with Crippen LogP contribution in [0.3, 0.4) is 0 Å². The lowest BCUT2D eigenvalue weighted by Gasteiger charge is -2.29. The molecule has 2 aromatic rings. The number of rotatable bonds is 6. The van der Waals surface area contributed by atoms with Gasteiger partial charge in [-0.2, -0.15) is 0 Å². The second kappa shape index (κ2) is 6.99. The molecule has 136 valence electrons. The first kappa shape index (κ1) is 17.7. The van der Waals surface area contributed by atoms with E-state index in [1.807, 2.05) is 32.0 Å². The lowest BCUT2D eigenvalue weighted by molar-refractivity contribution is -0.127. The molecule has 0 spiro atoms. The van der Waals surface area contributed by atoms with Crippen LogP contribution in [-0.4, -0.2) is 33.6 Å². The molecule has 1 atom stereocenters. The van der Waals surface area contributed by atoms with Crippen LogP contribution in [0.4, 0.5) is 0 Å². The fourth-order valence-electron chi connectivity index (χ4n) is 3.08. The number of oxazole rings is 1. The minimum Gasteiger partial charge on any atom is -0.446 e. The Bertz CT molecular complexity index is 858. The van der Waals surface area contributed by atoms with Crippen molar-refractivity contribution >= 4 is 17.7 Å². The van der Waals surface area contributed by atoms with Crippen molar-refractivity contribution in [1.29, 1.82) is 0 Å². The van der Waals surface area contributed by atoms with Crippen molar-refractivity contribution < 1.29 is 18.8 Å². The summed E-state index contributed by atoms with van der Waals surface area (Å²) in [5, 5.41) is 2.72. The smallest absolute Gasteiger partial charge is 0.270 e. The number of primary amides is 1. The van der Waals surface area contributed by atoms with Crippen LogP contribution in [-0.2, 0) is 17.9 Å². The van der Waals surface area contributed by atoms with Crippen molar-refractivity contribution in [2.75, 3.05) is 0 Å². The molecule has 8 nitrogen and oxygen atoms in total. The van der Waals surface area contributed by atoms with E-state index in [-0.39, 0.29) is 35.9 Å². The number of hydrogen-bond donors (Lipinski definition) is 2. The van der Waals surface area contributed by atoms with Gasteiger partial charge in [0, 0.05) is 12.1 Å². The number of aromatic nitrogens is 1. The molecule has 8 heteroatoms. The van der Waals surface area contributed by atoms with Crippen LogP contribution in [0.2, 0.25) is 0 Å². The summed E-state index contributed by atoms with van der Waals surface area (Å²) < 4.78 is 5.11. The maximum absolute atomic E-state index is 12.7. The van der Waals surface area contributed by atoms with Crippen molar-refractivity contribution in [3.8, 4) is 0 Å². The van der Waals surface area contributed by atoms with E-state index in [0.717, 1.165) is 11.8 Å². The van der Waals surface area contributed by atoms with Gasteiger partial charge in [0.15, 0.2) is 5.69 Å². The molecule has 1 aromatic carbocycles. The summed E-state index contributed by atoms with van der Waals surface area (Å²) in [5.74, 6) is -1.07. The summed E-state index contributed by atoms with van der Waals surface area (Å²) in [7, 11) is 0. The van der Waals surface area contributed by atoms with Gasteiger partial charge in [0.05, 0.1) is 6.54 Å². The lowest BCUT2D eigenvalue weighted by Crippen LogP contribution is -2.49. The quantitative estimate of drug-likeness (QED) is 0.802. The Morgan fingerprint density at radius 2 is 2.08 bits per heavy atom. The van der Waals surface area contributed by atoms with Crippen LogP contribution in [0.5, 0.6) is 0 Å². The van der Waals surface area contributed by atoms with E-state index in [2.05, 4.69) is 10.3 Å². The molecule has 2 heterocycles. The van der Waals surface area contributed by atoms with Crippen LogP contribution in [0.15, 0.2) is 34.9 Å². The number of amides is 3. The van der Waals surface area contributed by atoms with Crippen molar-refractivity contribution in [3.63, 3.8) is 0 Å². The first-order valence-corrected chi connectivity index (χ1v) is 8.29. The molecule has 0 saturated heterocycles. The second-order valence-electron chi connectivity index (χ2n) is 6.49. The average molecular weight is 356 g/mol. The van der Waals surface area contributed by atoms with Crippen LogP contribution in [0, 0.1) is 5.92 Å². The number of nitrogens with two attached hydrogens (primary N) is 1. The van der Waals surface area contributed by atoms with Gasteiger partial charge in [-0.3, -0.25) is 14.4 Å². The van der Waals surface area contributed by atoms with Gasteiger partial charge in [-0.25, -0.2) is 4.98 Å². The molecule has 1 aliphatic rings. The van der Waals surface area contributed by atoms with E-state index in [4.69, 9.17) is 10.2 Å². The highest BCUT2D eigenvalue weighted by Crippen LogP contribution is 2.27. The van der Waals surface area contributed by atoms with Gasteiger partial charge in [-0.05, 0) is 17.5 Å². The summed E-state index contributed by atoms with van der Waals surface area (Å²) in [5.41, 5.74) is 6.66. The molecule has 0 radical (unpaired) electrons. The predicted octanol–water partition coefficient (Wildman–Crippen LogP) is 1.07. The molecule has 3 rings (SSSR count). The zero-order valence-corrected chi connectivity index (χ0v) is 14.6. The first-order valence-electron chi connectivity index (χ1n) is 8.29. The fourth-order valence-corrected chi connectivity index (χ4v) is 3.08. The van der Waals surface area contributed by atoms with Gasteiger partial charge in [0.2, 0.25) is 11.8 Å². The highest BCUT2D eigenvalue weighted by Gasteiger charge is 2.37. The summed E-state index contributed by atoms with van der Waals surface area (Å²) >= 11 is 0. The first-order chi connectivity index (χ1) is 12.4. The standard InChI is InChI=1S/C18H20N4O4/c1-10(2)15(22-8-11-5-3-4-6-12(11)18(22)25)17(24)20-7-14-21-13(9-26-14)16(19)23/h3-6,9-10,15H,7-8H2,1-2H3,(H2,19,23)(H,20,24)/t15-/m0/s1. The summed E-state index contributed by atoms with van der Waals surface area (Å²) in [6.07, 6.45) is 1.14. The third-order valence-electron chi connectivity index (χ3n) is 4.30. The molecular weight excluding hydrogens is 336 g/mol. The molecular formula is C18H20N4O4. The molecule has 0 aliphatic carbocycles. The van der Waals surface area contributed by atoms with Crippen LogP contribution >= 0.6 is 0 Å². The Balaban J connectivity index is 1.71. The Labute approximate surface area is 150 Å². The number of fused-ring (bicyclic) bond motifs is 1. The number of nitrogens with zero attached hydrogens (tertiary/aromatic N) is 2. The maximum atomic E-state index is 12.7. The Morgan fingerprint density at radius 1 is 1.35 bits per heavy atom. The van der Waals surface area contributed by atoms with Gasteiger partial charge in [-0.1, -0.05) is 32.0 Å². The molecule has 26 heavy (non-hydrogen) atoms. The lowest BCUT2D eigenvalue weighted by atomic mass is 10.0. The van der Waals surface area contributed by atoms with E-state index in [1.54, 1.807) is 11.0 Å². The van der Waals surface area contributed by atoms with Crippen molar-refractivity contribution in [2.45, 2.75) is 33.0 Å². The SMILES string of the molecule is CC(C)[C@@H](C(=O)NCc1nc(C(N)=O)co1)N1Cc2ccccc2C1=O. The largest absolute Gasteiger partial charge is 0.446 e. The molecule has 1 aromatic heterocycles. The van der Waals surface area contributed by atoms with Crippen LogP contribution in [0.1, 0.15) is 46.1 Å². The molecule has 1 aliphatic heterocycles. The van der Waals surface area contributed by atoms with Crippen molar-refractivity contribution in [3.05, 3.63) is 53.2 Å². The third-order valence-corrected chi connectivity index (χ3v) is 4.30. The minimum absolute atomic E-state index is 0.000158. The van der Waals surface area contributed by atoms with E-state index in [9.17, 15) is 14.4 Å². The summed E-state index contributed by atoms with van der Waals surface area (Å²) in [6, 6.07) is 6.72. The zero-order chi connectivity index (χ0) is 18.8. The van der Waals surface area contributed by atoms with Crippen LogP contribution in [0.25, 0.3) is 0 Å². The molecule has 0 unspecified atom stereocenters. The Kier molecular flexibility index (Phi) is 4.75. The van der Waals surface area contributed by atoms with Gasteiger partial charge in [0.1, 0.15) is 12.3 Å². The number of hydrogen-bond acceptors (Lipinski definition) is 5. The molecule has 3 amide bonds. The van der Waals surface area contributed by atoms with Crippen LogP contribution < -0.4 is 11.1 Å². The maximum Gasteiger partial charge on any atom is 0.270 e. The molecule has 0 saturated carbocycles.